The van der Waals surface area contributed by atoms with Gasteiger partial charge in [0, 0.05) is 5.92 Å². The van der Waals surface area contributed by atoms with Gasteiger partial charge in [-0.1, -0.05) is 6.07 Å². The normalized spacial score (nSPS) is 22.1. The van der Waals surface area contributed by atoms with Crippen LogP contribution in [0.5, 0.6) is 0 Å². The first kappa shape index (κ1) is 13.1. The van der Waals surface area contributed by atoms with Gasteiger partial charge in [0.1, 0.15) is 19.1 Å². The van der Waals surface area contributed by atoms with E-state index >= 15 is 0 Å². The lowest BCUT2D eigenvalue weighted by molar-refractivity contribution is -0.937. The van der Waals surface area contributed by atoms with Crippen LogP contribution in [0.25, 0.3) is 0 Å². The molecule has 2 heterocycles. The van der Waals surface area contributed by atoms with Crippen molar-refractivity contribution < 1.29 is 14.4 Å². The zero-order chi connectivity index (χ0) is 13.1. The van der Waals surface area contributed by atoms with Crippen molar-refractivity contribution in [2.45, 2.75) is 18.9 Å². The summed E-state index contributed by atoms with van der Waals surface area (Å²) in [6.07, 6.45) is 2.14. The number of quaternary nitrogens is 1. The number of nitrogens with one attached hydrogen (secondary N) is 2. The topological polar surface area (TPSA) is 42.8 Å². The minimum Gasteiger partial charge on any atom is -0.370 e. The lowest BCUT2D eigenvalue weighted by Crippen LogP contribution is -3.15. The molecule has 0 unspecified atom stereocenters. The van der Waals surface area contributed by atoms with Crippen molar-refractivity contribution >= 4 is 17.2 Å². The molecule has 19 heavy (non-hydrogen) atoms. The van der Waals surface area contributed by atoms with Gasteiger partial charge in [0.2, 0.25) is 5.91 Å². The molecule has 0 aromatic carbocycles. The minimum absolute atomic E-state index is 0.245. The van der Waals surface area contributed by atoms with E-state index in [0.29, 0.717) is 12.0 Å². The molecular weight excluding hydrogens is 260 g/mol. The summed E-state index contributed by atoms with van der Waals surface area (Å²) in [7, 11) is 0. The van der Waals surface area contributed by atoms with E-state index in [9.17, 15) is 4.79 Å². The van der Waals surface area contributed by atoms with Crippen molar-refractivity contribution in [3.8, 4) is 0 Å². The highest BCUT2D eigenvalue weighted by Gasteiger charge is 2.32. The summed E-state index contributed by atoms with van der Waals surface area (Å²) in [5.41, 5.74) is 0. The largest absolute Gasteiger partial charge is 0.370 e. The quantitative estimate of drug-likeness (QED) is 0.811. The third-order valence-corrected chi connectivity index (χ3v) is 4.93. The van der Waals surface area contributed by atoms with E-state index in [1.165, 1.54) is 9.78 Å². The van der Waals surface area contributed by atoms with E-state index in [1.807, 2.05) is 0 Å². The Hall–Kier alpha value is -0.910. The fourth-order valence-electron chi connectivity index (χ4n) is 2.61. The second-order valence-electron chi connectivity index (χ2n) is 5.36. The molecule has 0 spiro atoms. The molecule has 1 aliphatic carbocycles. The molecule has 1 amide bonds. The Morgan fingerprint density at radius 1 is 1.47 bits per heavy atom. The number of thiophene rings is 1. The van der Waals surface area contributed by atoms with Crippen LogP contribution in [-0.2, 0) is 9.53 Å². The molecule has 2 aliphatic rings. The highest BCUT2D eigenvalue weighted by molar-refractivity contribution is 7.10. The second kappa shape index (κ2) is 6.03. The average molecular weight is 281 g/mol. The van der Waals surface area contributed by atoms with Gasteiger partial charge < -0.3 is 15.0 Å². The third-order valence-electron chi connectivity index (χ3n) is 3.94. The monoisotopic (exact) mass is 281 g/mol. The standard InChI is InChI=1S/C14H20N2O2S/c17-14(11-3-4-11)15-10-12(13-2-1-9-19-13)16-5-7-18-8-6-16/h1-2,9,11-12H,3-8,10H2,(H,15,17)/p+1/t12-/m0/s1. The Bertz CT molecular complexity index is 411. The first-order chi connectivity index (χ1) is 9.34. The summed E-state index contributed by atoms with van der Waals surface area (Å²) in [5, 5.41) is 5.25. The van der Waals surface area contributed by atoms with Gasteiger partial charge in [-0.05, 0) is 24.3 Å². The lowest BCUT2D eigenvalue weighted by Gasteiger charge is -2.31. The van der Waals surface area contributed by atoms with Crippen LogP contribution in [-0.4, -0.2) is 38.8 Å². The van der Waals surface area contributed by atoms with E-state index in [-0.39, 0.29) is 5.91 Å². The highest BCUT2D eigenvalue weighted by atomic mass is 32.1. The van der Waals surface area contributed by atoms with Crippen LogP contribution in [0.1, 0.15) is 23.8 Å². The van der Waals surface area contributed by atoms with Crippen LogP contribution in [0.2, 0.25) is 0 Å². The molecule has 1 saturated carbocycles. The van der Waals surface area contributed by atoms with Crippen molar-refractivity contribution in [3.63, 3.8) is 0 Å². The van der Waals surface area contributed by atoms with Crippen molar-refractivity contribution in [1.82, 2.24) is 5.32 Å². The number of carbonyl (C=O) groups excluding carboxylic acids is 1. The minimum atomic E-state index is 0.245. The van der Waals surface area contributed by atoms with Crippen molar-refractivity contribution in [1.29, 1.82) is 0 Å². The number of ether oxygens (including phenoxy) is 1. The van der Waals surface area contributed by atoms with Crippen LogP contribution in [0.15, 0.2) is 17.5 Å². The predicted molar refractivity (Wildman–Crippen MR) is 74.3 cm³/mol. The molecule has 1 saturated heterocycles. The molecule has 0 bridgehead atoms. The fourth-order valence-corrected chi connectivity index (χ4v) is 3.50. The Morgan fingerprint density at radius 3 is 2.89 bits per heavy atom. The summed E-state index contributed by atoms with van der Waals surface area (Å²) < 4.78 is 5.44. The van der Waals surface area contributed by atoms with Gasteiger partial charge in [0.25, 0.3) is 0 Å². The summed E-state index contributed by atoms with van der Waals surface area (Å²) in [4.78, 5) is 14.7. The van der Waals surface area contributed by atoms with Crippen LogP contribution in [0.4, 0.5) is 0 Å². The Morgan fingerprint density at radius 2 is 2.26 bits per heavy atom. The van der Waals surface area contributed by atoms with Crippen molar-refractivity contribution in [2.24, 2.45) is 5.92 Å². The van der Waals surface area contributed by atoms with Crippen molar-refractivity contribution in [2.75, 3.05) is 32.8 Å². The maximum atomic E-state index is 11.8. The zero-order valence-corrected chi connectivity index (χ0v) is 11.9. The molecule has 1 aliphatic heterocycles. The van der Waals surface area contributed by atoms with Crippen LogP contribution >= 0.6 is 11.3 Å². The number of hydrogen-bond acceptors (Lipinski definition) is 3. The van der Waals surface area contributed by atoms with Crippen LogP contribution in [0.3, 0.4) is 0 Å². The number of hydrogen-bond donors (Lipinski definition) is 2. The fraction of sp³-hybridized carbons (Fsp3) is 0.643. The van der Waals surface area contributed by atoms with Gasteiger partial charge in [0.05, 0.1) is 24.6 Å². The van der Waals surface area contributed by atoms with Crippen LogP contribution in [0, 0.1) is 5.92 Å². The predicted octanol–water partition coefficient (Wildman–Crippen LogP) is 0.230. The Labute approximate surface area is 117 Å². The Balaban J connectivity index is 1.63. The SMILES string of the molecule is O=C(NC[C@@H](c1cccs1)[NH+]1CCOCC1)C1CC1. The van der Waals surface area contributed by atoms with Gasteiger partial charge in [0.15, 0.2) is 0 Å². The molecule has 2 N–H and O–H groups in total. The molecule has 1 atom stereocenters. The van der Waals surface area contributed by atoms with Gasteiger partial charge in [-0.25, -0.2) is 0 Å². The molecule has 0 radical (unpaired) electrons. The highest BCUT2D eigenvalue weighted by Crippen LogP contribution is 2.28. The number of carbonyl (C=O) groups is 1. The maximum absolute atomic E-state index is 11.8. The van der Waals surface area contributed by atoms with E-state index in [4.69, 9.17) is 4.74 Å². The van der Waals surface area contributed by atoms with E-state index in [0.717, 1.165) is 45.7 Å². The second-order valence-corrected chi connectivity index (χ2v) is 6.34. The first-order valence-electron chi connectivity index (χ1n) is 7.08. The summed E-state index contributed by atoms with van der Waals surface area (Å²) in [5.74, 6) is 0.540. The molecule has 5 heteroatoms. The van der Waals surface area contributed by atoms with E-state index in [1.54, 1.807) is 11.3 Å². The first-order valence-corrected chi connectivity index (χ1v) is 7.96. The molecule has 4 nitrogen and oxygen atoms in total. The van der Waals surface area contributed by atoms with Gasteiger partial charge in [-0.2, -0.15) is 0 Å². The van der Waals surface area contributed by atoms with Crippen molar-refractivity contribution in [3.05, 3.63) is 22.4 Å². The molecule has 104 valence electrons. The maximum Gasteiger partial charge on any atom is 0.223 e. The number of morpholine rings is 1. The molecule has 1 aromatic rings. The summed E-state index contributed by atoms with van der Waals surface area (Å²) in [6.45, 7) is 4.47. The molecule has 1 aromatic heterocycles. The number of amides is 1. The van der Waals surface area contributed by atoms with Crippen LogP contribution < -0.4 is 10.2 Å². The van der Waals surface area contributed by atoms with Gasteiger partial charge >= 0.3 is 0 Å². The molecule has 3 rings (SSSR count). The molecule has 2 fully saturated rings. The molecular formula is C14H21N2O2S+. The summed E-state index contributed by atoms with van der Waals surface area (Å²) in [6, 6.07) is 4.66. The summed E-state index contributed by atoms with van der Waals surface area (Å²) >= 11 is 1.79. The van der Waals surface area contributed by atoms with Gasteiger partial charge in [-0.3, -0.25) is 4.79 Å². The average Bonchev–Trinajstić information content (AvgIpc) is 3.17. The van der Waals surface area contributed by atoms with Gasteiger partial charge in [-0.15, -0.1) is 11.3 Å². The van der Waals surface area contributed by atoms with E-state index < -0.39 is 0 Å². The zero-order valence-electron chi connectivity index (χ0n) is 11.1. The van der Waals surface area contributed by atoms with E-state index in [2.05, 4.69) is 22.8 Å². The lowest BCUT2D eigenvalue weighted by atomic mass is 10.2. The third kappa shape index (κ3) is 3.35. The number of rotatable bonds is 5. The smallest absolute Gasteiger partial charge is 0.223 e. The Kier molecular flexibility index (Phi) is 4.15.